The number of ether oxygens (including phenoxy) is 1. The predicted molar refractivity (Wildman–Crippen MR) is 101 cm³/mol. The van der Waals surface area contributed by atoms with Gasteiger partial charge in [0, 0.05) is 32.4 Å². The van der Waals surface area contributed by atoms with Crippen molar-refractivity contribution in [1.82, 2.24) is 19.1 Å². The summed E-state index contributed by atoms with van der Waals surface area (Å²) in [4.78, 5) is 17.0. The Labute approximate surface area is 152 Å². The van der Waals surface area contributed by atoms with Crippen molar-refractivity contribution in [1.29, 1.82) is 0 Å². The minimum atomic E-state index is -0.0929. The highest BCUT2D eigenvalue weighted by Gasteiger charge is 2.20. The van der Waals surface area contributed by atoms with Gasteiger partial charge in [0.05, 0.1) is 19.0 Å². The summed E-state index contributed by atoms with van der Waals surface area (Å²) in [5.41, 5.74) is 1.73. The number of rotatable bonds is 5. The third-order valence-electron chi connectivity index (χ3n) is 4.70. The molecule has 1 saturated heterocycles. The molecule has 7 nitrogen and oxygen atoms in total. The molecule has 3 aromatic rings. The van der Waals surface area contributed by atoms with Crippen molar-refractivity contribution >= 4 is 11.3 Å². The maximum absolute atomic E-state index is 12.4. The summed E-state index contributed by atoms with van der Waals surface area (Å²) >= 11 is 0. The van der Waals surface area contributed by atoms with Gasteiger partial charge in [-0.05, 0) is 31.2 Å². The second-order valence-electron chi connectivity index (χ2n) is 6.36. The molecule has 0 N–H and O–H groups in total. The lowest BCUT2D eigenvalue weighted by molar-refractivity contribution is 0.192. The summed E-state index contributed by atoms with van der Waals surface area (Å²) in [7, 11) is 0. The minimum Gasteiger partial charge on any atom is -0.492 e. The first-order valence-electron chi connectivity index (χ1n) is 8.99. The van der Waals surface area contributed by atoms with Gasteiger partial charge in [-0.1, -0.05) is 18.2 Å². The highest BCUT2D eigenvalue weighted by molar-refractivity contribution is 5.58. The highest BCUT2D eigenvalue weighted by atomic mass is 16.5. The van der Waals surface area contributed by atoms with Crippen LogP contribution in [0.15, 0.2) is 53.5 Å². The Morgan fingerprint density at radius 1 is 1.04 bits per heavy atom. The molecular formula is C19H23N5O2. The summed E-state index contributed by atoms with van der Waals surface area (Å²) in [6.45, 7) is 6.72. The summed E-state index contributed by atoms with van der Waals surface area (Å²) in [6, 6.07) is 13.7. The first kappa shape index (κ1) is 16.7. The number of fused-ring (bicyclic) bond motifs is 1. The Hall–Kier alpha value is -2.80. The lowest BCUT2D eigenvalue weighted by Crippen LogP contribution is -2.48. The number of pyridine rings is 1. The van der Waals surface area contributed by atoms with E-state index in [9.17, 15) is 4.79 Å². The van der Waals surface area contributed by atoms with Crippen LogP contribution in [0.1, 0.15) is 6.92 Å². The van der Waals surface area contributed by atoms with E-state index in [0.29, 0.717) is 18.9 Å². The molecule has 7 heteroatoms. The van der Waals surface area contributed by atoms with Gasteiger partial charge in [-0.25, -0.2) is 4.79 Å². The van der Waals surface area contributed by atoms with Crippen molar-refractivity contribution in [2.24, 2.45) is 0 Å². The first-order valence-corrected chi connectivity index (χ1v) is 8.99. The number of nitrogens with zero attached hydrogens (tertiary/aromatic N) is 5. The number of benzene rings is 1. The fraction of sp³-hybridized carbons (Fsp3) is 0.368. The third-order valence-corrected chi connectivity index (χ3v) is 4.70. The van der Waals surface area contributed by atoms with Crippen LogP contribution in [0.4, 0.5) is 5.69 Å². The number of para-hydroxylation sites is 2. The molecule has 26 heavy (non-hydrogen) atoms. The molecule has 3 heterocycles. The Balaban J connectivity index is 1.44. The van der Waals surface area contributed by atoms with E-state index in [1.165, 1.54) is 0 Å². The SMILES string of the molecule is CCOc1ccccc1N1CCN(Cn2nc3ccccn3c2=O)CC1. The number of hydrogen-bond donors (Lipinski definition) is 0. The van der Waals surface area contributed by atoms with Crippen LogP contribution in [0.5, 0.6) is 5.75 Å². The largest absolute Gasteiger partial charge is 0.492 e. The van der Waals surface area contributed by atoms with Gasteiger partial charge in [-0.15, -0.1) is 5.10 Å². The molecule has 0 spiro atoms. The fourth-order valence-corrected chi connectivity index (χ4v) is 3.38. The van der Waals surface area contributed by atoms with Gasteiger partial charge in [-0.3, -0.25) is 9.30 Å². The average molecular weight is 353 g/mol. The lowest BCUT2D eigenvalue weighted by Gasteiger charge is -2.36. The molecule has 0 atom stereocenters. The monoisotopic (exact) mass is 353 g/mol. The van der Waals surface area contributed by atoms with Crippen LogP contribution in [0.25, 0.3) is 5.65 Å². The molecular weight excluding hydrogens is 330 g/mol. The van der Waals surface area contributed by atoms with E-state index >= 15 is 0 Å². The van der Waals surface area contributed by atoms with Gasteiger partial charge < -0.3 is 9.64 Å². The maximum Gasteiger partial charge on any atom is 0.351 e. The van der Waals surface area contributed by atoms with Crippen LogP contribution in [-0.4, -0.2) is 51.9 Å². The van der Waals surface area contributed by atoms with E-state index < -0.39 is 0 Å². The summed E-state index contributed by atoms with van der Waals surface area (Å²) < 4.78 is 8.87. The van der Waals surface area contributed by atoms with Crippen LogP contribution in [0.2, 0.25) is 0 Å². The molecule has 1 aliphatic rings. The number of anilines is 1. The van der Waals surface area contributed by atoms with Crippen LogP contribution in [0, 0.1) is 0 Å². The third kappa shape index (κ3) is 3.17. The predicted octanol–water partition coefficient (Wildman–Crippen LogP) is 1.67. The van der Waals surface area contributed by atoms with Gasteiger partial charge >= 0.3 is 5.69 Å². The molecule has 0 aliphatic carbocycles. The number of aromatic nitrogens is 3. The van der Waals surface area contributed by atoms with Gasteiger partial charge in [0.2, 0.25) is 0 Å². The van der Waals surface area contributed by atoms with Crippen molar-refractivity contribution < 1.29 is 4.74 Å². The first-order chi connectivity index (χ1) is 12.8. The van der Waals surface area contributed by atoms with Crippen molar-refractivity contribution in [2.75, 3.05) is 37.7 Å². The number of piperazine rings is 1. The van der Waals surface area contributed by atoms with Crippen LogP contribution in [0.3, 0.4) is 0 Å². The van der Waals surface area contributed by atoms with Crippen LogP contribution in [-0.2, 0) is 6.67 Å². The Morgan fingerprint density at radius 3 is 2.58 bits per heavy atom. The van der Waals surface area contributed by atoms with Gasteiger partial charge in [0.15, 0.2) is 5.65 Å². The zero-order valence-electron chi connectivity index (χ0n) is 14.9. The molecule has 1 aromatic carbocycles. The Kier molecular flexibility index (Phi) is 4.62. The van der Waals surface area contributed by atoms with Crippen molar-refractivity contribution in [3.63, 3.8) is 0 Å². The van der Waals surface area contributed by atoms with Crippen LogP contribution < -0.4 is 15.3 Å². The Morgan fingerprint density at radius 2 is 1.81 bits per heavy atom. The van der Waals surface area contributed by atoms with Crippen molar-refractivity contribution in [3.8, 4) is 5.75 Å². The molecule has 4 rings (SSSR count). The zero-order valence-corrected chi connectivity index (χ0v) is 14.9. The topological polar surface area (TPSA) is 55.0 Å². The molecule has 0 bridgehead atoms. The normalized spacial score (nSPS) is 15.5. The van der Waals surface area contributed by atoms with E-state index in [0.717, 1.165) is 37.6 Å². The highest BCUT2D eigenvalue weighted by Crippen LogP contribution is 2.28. The van der Waals surface area contributed by atoms with Gasteiger partial charge in [-0.2, -0.15) is 4.68 Å². The number of hydrogen-bond acceptors (Lipinski definition) is 5. The van der Waals surface area contributed by atoms with E-state index in [4.69, 9.17) is 4.74 Å². The smallest absolute Gasteiger partial charge is 0.351 e. The van der Waals surface area contributed by atoms with E-state index in [-0.39, 0.29) is 5.69 Å². The van der Waals surface area contributed by atoms with E-state index in [1.54, 1.807) is 15.3 Å². The minimum absolute atomic E-state index is 0.0929. The summed E-state index contributed by atoms with van der Waals surface area (Å²) in [5.74, 6) is 0.931. The van der Waals surface area contributed by atoms with E-state index in [1.807, 2.05) is 43.3 Å². The molecule has 0 radical (unpaired) electrons. The molecule has 1 aliphatic heterocycles. The van der Waals surface area contributed by atoms with Gasteiger partial charge in [0.1, 0.15) is 5.75 Å². The summed E-state index contributed by atoms with van der Waals surface area (Å²) in [6.07, 6.45) is 1.75. The maximum atomic E-state index is 12.4. The van der Waals surface area contributed by atoms with Gasteiger partial charge in [0.25, 0.3) is 0 Å². The van der Waals surface area contributed by atoms with E-state index in [2.05, 4.69) is 21.0 Å². The molecule has 2 aromatic heterocycles. The molecule has 0 amide bonds. The van der Waals surface area contributed by atoms with Crippen molar-refractivity contribution in [2.45, 2.75) is 13.6 Å². The van der Waals surface area contributed by atoms with Crippen molar-refractivity contribution in [3.05, 3.63) is 59.1 Å². The molecule has 0 unspecified atom stereocenters. The zero-order chi connectivity index (χ0) is 17.9. The standard InChI is InChI=1S/C19H23N5O2/c1-2-26-17-8-4-3-7-16(17)22-13-11-21(12-14-22)15-24-19(25)23-10-6-5-9-18(23)20-24/h3-10H,2,11-15H2,1H3. The fourth-order valence-electron chi connectivity index (χ4n) is 3.38. The lowest BCUT2D eigenvalue weighted by atomic mass is 10.2. The second kappa shape index (κ2) is 7.21. The second-order valence-corrected chi connectivity index (χ2v) is 6.36. The molecule has 136 valence electrons. The summed E-state index contributed by atoms with van der Waals surface area (Å²) in [5, 5.41) is 4.41. The molecule has 1 fully saturated rings. The Bertz CT molecular complexity index is 940. The van der Waals surface area contributed by atoms with Crippen LogP contribution >= 0.6 is 0 Å². The molecule has 0 saturated carbocycles. The average Bonchev–Trinajstić information content (AvgIpc) is 2.99. The quantitative estimate of drug-likeness (QED) is 0.698.